The molecule has 1 amide bonds. The molecular weight excluding hydrogens is 242 g/mol. The lowest BCUT2D eigenvalue weighted by atomic mass is 10.0. The molecule has 0 saturated carbocycles. The van der Waals surface area contributed by atoms with Gasteiger partial charge in [0.25, 0.3) is 0 Å². The SMILES string of the molecule is CCC(CCC(=O)Nc1ccc(C)c(C)c1)C(=O)O. The molecular formula is C15H21NO3. The smallest absolute Gasteiger partial charge is 0.306 e. The lowest BCUT2D eigenvalue weighted by Crippen LogP contribution is -2.17. The summed E-state index contributed by atoms with van der Waals surface area (Å²) in [5, 5.41) is 11.7. The molecule has 1 aromatic carbocycles. The molecule has 4 nitrogen and oxygen atoms in total. The summed E-state index contributed by atoms with van der Waals surface area (Å²) in [5.41, 5.74) is 3.06. The van der Waals surface area contributed by atoms with Crippen molar-refractivity contribution in [2.75, 3.05) is 5.32 Å². The molecule has 1 unspecified atom stereocenters. The van der Waals surface area contributed by atoms with Crippen molar-refractivity contribution in [3.05, 3.63) is 29.3 Å². The van der Waals surface area contributed by atoms with E-state index in [4.69, 9.17) is 5.11 Å². The van der Waals surface area contributed by atoms with Crippen LogP contribution in [0.15, 0.2) is 18.2 Å². The van der Waals surface area contributed by atoms with E-state index in [1.54, 1.807) is 0 Å². The topological polar surface area (TPSA) is 66.4 Å². The first-order chi connectivity index (χ1) is 8.93. The van der Waals surface area contributed by atoms with E-state index in [-0.39, 0.29) is 12.3 Å². The number of carboxylic acid groups (broad SMARTS) is 1. The summed E-state index contributed by atoms with van der Waals surface area (Å²) in [7, 11) is 0. The number of hydrogen-bond donors (Lipinski definition) is 2. The van der Waals surface area contributed by atoms with Gasteiger partial charge in [0.15, 0.2) is 0 Å². The highest BCUT2D eigenvalue weighted by Crippen LogP contribution is 2.16. The first-order valence-corrected chi connectivity index (χ1v) is 6.54. The van der Waals surface area contributed by atoms with Crippen LogP contribution in [0.4, 0.5) is 5.69 Å². The maximum Gasteiger partial charge on any atom is 0.306 e. The second-order valence-corrected chi connectivity index (χ2v) is 4.83. The maximum absolute atomic E-state index is 11.7. The van der Waals surface area contributed by atoms with Crippen LogP contribution in [0, 0.1) is 19.8 Å². The fourth-order valence-electron chi connectivity index (χ4n) is 1.85. The number of amides is 1. The molecule has 0 fully saturated rings. The van der Waals surface area contributed by atoms with E-state index in [0.29, 0.717) is 12.8 Å². The number of rotatable bonds is 6. The summed E-state index contributed by atoms with van der Waals surface area (Å²) < 4.78 is 0. The summed E-state index contributed by atoms with van der Waals surface area (Å²) in [6, 6.07) is 5.73. The molecule has 0 aliphatic heterocycles. The highest BCUT2D eigenvalue weighted by atomic mass is 16.4. The van der Waals surface area contributed by atoms with Gasteiger partial charge >= 0.3 is 5.97 Å². The number of carbonyl (C=O) groups is 2. The number of nitrogens with one attached hydrogen (secondary N) is 1. The predicted molar refractivity (Wildman–Crippen MR) is 75.2 cm³/mol. The van der Waals surface area contributed by atoms with Gasteiger partial charge in [-0.3, -0.25) is 9.59 Å². The van der Waals surface area contributed by atoms with E-state index in [1.165, 1.54) is 5.56 Å². The van der Waals surface area contributed by atoms with Crippen LogP contribution in [0.5, 0.6) is 0 Å². The Kier molecular flexibility index (Phi) is 5.55. The number of hydrogen-bond acceptors (Lipinski definition) is 2. The average Bonchev–Trinajstić information content (AvgIpc) is 2.34. The highest BCUT2D eigenvalue weighted by Gasteiger charge is 2.16. The van der Waals surface area contributed by atoms with Crippen LogP contribution in [0.3, 0.4) is 0 Å². The van der Waals surface area contributed by atoms with Crippen molar-refractivity contribution in [2.24, 2.45) is 5.92 Å². The third-order valence-corrected chi connectivity index (χ3v) is 3.35. The number of carbonyl (C=O) groups excluding carboxylic acids is 1. The van der Waals surface area contributed by atoms with Crippen LogP contribution in [-0.4, -0.2) is 17.0 Å². The monoisotopic (exact) mass is 263 g/mol. The molecule has 104 valence electrons. The van der Waals surface area contributed by atoms with E-state index >= 15 is 0 Å². The van der Waals surface area contributed by atoms with Gasteiger partial charge in [-0.25, -0.2) is 0 Å². The number of aryl methyl sites for hydroxylation is 2. The summed E-state index contributed by atoms with van der Waals surface area (Å²) >= 11 is 0. The molecule has 4 heteroatoms. The van der Waals surface area contributed by atoms with Crippen molar-refractivity contribution < 1.29 is 14.7 Å². The minimum Gasteiger partial charge on any atom is -0.481 e. The molecule has 0 aliphatic rings. The fraction of sp³-hybridized carbons (Fsp3) is 0.467. The van der Waals surface area contributed by atoms with Gasteiger partial charge < -0.3 is 10.4 Å². The zero-order valence-electron chi connectivity index (χ0n) is 11.7. The van der Waals surface area contributed by atoms with Crippen LogP contribution in [0.25, 0.3) is 0 Å². The molecule has 0 radical (unpaired) electrons. The highest BCUT2D eigenvalue weighted by molar-refractivity contribution is 5.91. The van der Waals surface area contributed by atoms with Crippen molar-refractivity contribution in [2.45, 2.75) is 40.0 Å². The lowest BCUT2D eigenvalue weighted by Gasteiger charge is -2.10. The molecule has 19 heavy (non-hydrogen) atoms. The first-order valence-electron chi connectivity index (χ1n) is 6.54. The van der Waals surface area contributed by atoms with Crippen LogP contribution < -0.4 is 5.32 Å². The molecule has 0 saturated heterocycles. The van der Waals surface area contributed by atoms with Crippen molar-refractivity contribution in [1.82, 2.24) is 0 Å². The molecule has 0 spiro atoms. The zero-order valence-corrected chi connectivity index (χ0v) is 11.7. The number of benzene rings is 1. The largest absolute Gasteiger partial charge is 0.481 e. The zero-order chi connectivity index (χ0) is 14.4. The molecule has 1 atom stereocenters. The summed E-state index contributed by atoms with van der Waals surface area (Å²) in [4.78, 5) is 22.6. The second kappa shape index (κ2) is 6.92. The van der Waals surface area contributed by atoms with Gasteiger partial charge in [-0.2, -0.15) is 0 Å². The van der Waals surface area contributed by atoms with Crippen molar-refractivity contribution >= 4 is 17.6 Å². The van der Waals surface area contributed by atoms with Gasteiger partial charge in [-0.1, -0.05) is 13.0 Å². The number of aliphatic carboxylic acids is 1. The van der Waals surface area contributed by atoms with Gasteiger partial charge in [0.05, 0.1) is 5.92 Å². The molecule has 1 aromatic rings. The quantitative estimate of drug-likeness (QED) is 0.828. The third kappa shape index (κ3) is 4.73. The van der Waals surface area contributed by atoms with E-state index < -0.39 is 11.9 Å². The van der Waals surface area contributed by atoms with E-state index in [9.17, 15) is 9.59 Å². The van der Waals surface area contributed by atoms with Crippen LogP contribution in [0.2, 0.25) is 0 Å². The van der Waals surface area contributed by atoms with Crippen LogP contribution >= 0.6 is 0 Å². The minimum atomic E-state index is -0.832. The van der Waals surface area contributed by atoms with Gasteiger partial charge in [0.2, 0.25) is 5.91 Å². The van der Waals surface area contributed by atoms with Crippen molar-refractivity contribution in [1.29, 1.82) is 0 Å². The second-order valence-electron chi connectivity index (χ2n) is 4.83. The van der Waals surface area contributed by atoms with Gasteiger partial charge in [0.1, 0.15) is 0 Å². The third-order valence-electron chi connectivity index (χ3n) is 3.35. The first kappa shape index (κ1) is 15.2. The Morgan fingerprint density at radius 2 is 1.95 bits per heavy atom. The van der Waals surface area contributed by atoms with E-state index in [1.807, 2.05) is 39.0 Å². The summed E-state index contributed by atoms with van der Waals surface area (Å²) in [6.07, 6.45) is 1.16. The molecule has 0 bridgehead atoms. The Morgan fingerprint density at radius 1 is 1.26 bits per heavy atom. The number of carboxylic acids is 1. The molecule has 0 aliphatic carbocycles. The Balaban J connectivity index is 2.51. The van der Waals surface area contributed by atoms with Crippen LogP contribution in [0.1, 0.15) is 37.3 Å². The Labute approximate surface area is 113 Å². The predicted octanol–water partition coefficient (Wildman–Crippen LogP) is 3.13. The van der Waals surface area contributed by atoms with Crippen LogP contribution in [-0.2, 0) is 9.59 Å². The van der Waals surface area contributed by atoms with E-state index in [0.717, 1.165) is 11.3 Å². The molecule has 2 N–H and O–H groups in total. The normalized spacial score (nSPS) is 11.9. The number of anilines is 1. The Bertz CT molecular complexity index is 468. The summed E-state index contributed by atoms with van der Waals surface area (Å²) in [6.45, 7) is 5.82. The fourth-order valence-corrected chi connectivity index (χ4v) is 1.85. The summed E-state index contributed by atoms with van der Waals surface area (Å²) in [5.74, 6) is -1.41. The maximum atomic E-state index is 11.7. The Morgan fingerprint density at radius 3 is 2.47 bits per heavy atom. The van der Waals surface area contributed by atoms with Crippen molar-refractivity contribution in [3.63, 3.8) is 0 Å². The Hall–Kier alpha value is -1.84. The van der Waals surface area contributed by atoms with Gasteiger partial charge in [0, 0.05) is 12.1 Å². The molecule has 0 aromatic heterocycles. The standard InChI is InChI=1S/C15H21NO3/c1-4-12(15(18)19)6-8-14(17)16-13-7-5-10(2)11(3)9-13/h5,7,9,12H,4,6,8H2,1-3H3,(H,16,17)(H,18,19). The van der Waals surface area contributed by atoms with Gasteiger partial charge in [-0.15, -0.1) is 0 Å². The average molecular weight is 263 g/mol. The van der Waals surface area contributed by atoms with Gasteiger partial charge in [-0.05, 0) is 49.9 Å². The van der Waals surface area contributed by atoms with E-state index in [2.05, 4.69) is 5.32 Å². The van der Waals surface area contributed by atoms with Crippen molar-refractivity contribution in [3.8, 4) is 0 Å². The molecule has 1 rings (SSSR count). The minimum absolute atomic E-state index is 0.136. The molecule has 0 heterocycles. The lowest BCUT2D eigenvalue weighted by molar-refractivity contribution is -0.142.